The van der Waals surface area contributed by atoms with Gasteiger partial charge in [-0.05, 0) is 36.6 Å². The van der Waals surface area contributed by atoms with E-state index in [2.05, 4.69) is 0 Å². The zero-order valence-electron chi connectivity index (χ0n) is 12.1. The first-order valence-corrected chi connectivity index (χ1v) is 9.43. The Balaban J connectivity index is 2.18. The van der Waals surface area contributed by atoms with Crippen molar-refractivity contribution in [3.63, 3.8) is 0 Å². The van der Waals surface area contributed by atoms with Gasteiger partial charge in [0, 0.05) is 13.6 Å². The Morgan fingerprint density at radius 3 is 2.60 bits per heavy atom. The molecule has 1 N–H and O–H groups in total. The number of aliphatic hydroxyl groups excluding tert-OH is 1. The van der Waals surface area contributed by atoms with Gasteiger partial charge in [-0.25, -0.2) is 12.7 Å². The predicted octanol–water partition coefficient (Wildman–Crippen LogP) is 2.75. The predicted molar refractivity (Wildman–Crippen MR) is 81.4 cm³/mol. The summed E-state index contributed by atoms with van der Waals surface area (Å²) in [6.07, 6.45) is 5.92. The number of hydrogen-bond donors (Lipinski definition) is 1. The second kappa shape index (κ2) is 6.56. The quantitative estimate of drug-likeness (QED) is 0.908. The molecule has 114 valence electrons. The van der Waals surface area contributed by atoms with Gasteiger partial charge in [0.15, 0.2) is 0 Å². The van der Waals surface area contributed by atoms with Crippen LogP contribution in [0.2, 0.25) is 0 Å². The molecule has 0 radical (unpaired) electrons. The molecule has 0 aliphatic heterocycles. The van der Waals surface area contributed by atoms with Gasteiger partial charge in [-0.3, -0.25) is 0 Å². The lowest BCUT2D eigenvalue weighted by Crippen LogP contribution is -2.33. The number of aliphatic hydroxyl groups is 1. The molecule has 4 nitrogen and oxygen atoms in total. The molecule has 0 spiro atoms. The number of hydrogen-bond acceptors (Lipinski definition) is 4. The van der Waals surface area contributed by atoms with Crippen LogP contribution in [0, 0.1) is 12.8 Å². The van der Waals surface area contributed by atoms with Gasteiger partial charge in [-0.2, -0.15) is 0 Å². The van der Waals surface area contributed by atoms with Crippen LogP contribution < -0.4 is 0 Å². The Morgan fingerprint density at radius 1 is 1.35 bits per heavy atom. The molecule has 0 saturated heterocycles. The molecule has 1 aliphatic rings. The number of nitrogens with zero attached hydrogens (tertiary/aromatic N) is 1. The van der Waals surface area contributed by atoms with E-state index in [1.54, 1.807) is 19.4 Å². The monoisotopic (exact) mass is 317 g/mol. The summed E-state index contributed by atoms with van der Waals surface area (Å²) in [5, 5.41) is 11.1. The van der Waals surface area contributed by atoms with E-state index in [0.29, 0.717) is 22.2 Å². The van der Waals surface area contributed by atoms with E-state index in [0.717, 1.165) is 18.4 Å². The minimum atomic E-state index is -3.48. The zero-order chi connectivity index (χ0) is 14.8. The molecule has 20 heavy (non-hydrogen) atoms. The lowest BCUT2D eigenvalue weighted by molar-refractivity contribution is 0.281. The summed E-state index contributed by atoms with van der Waals surface area (Å²) in [6, 6.07) is 0. The Labute approximate surface area is 125 Å². The summed E-state index contributed by atoms with van der Waals surface area (Å²) >= 11 is 1.31. The van der Waals surface area contributed by atoms with E-state index in [1.165, 1.54) is 34.9 Å². The summed E-state index contributed by atoms with van der Waals surface area (Å²) in [5.41, 5.74) is 0.731. The van der Waals surface area contributed by atoms with Crippen molar-refractivity contribution in [2.45, 2.75) is 50.5 Å². The fraction of sp³-hybridized carbons (Fsp3) is 0.714. The van der Waals surface area contributed by atoms with Crippen LogP contribution >= 0.6 is 11.3 Å². The Kier molecular flexibility index (Phi) is 5.23. The molecule has 1 fully saturated rings. The molecule has 1 aromatic heterocycles. The third kappa shape index (κ3) is 3.24. The van der Waals surface area contributed by atoms with Gasteiger partial charge in [-0.15, -0.1) is 11.3 Å². The van der Waals surface area contributed by atoms with Crippen LogP contribution in [0.4, 0.5) is 0 Å². The molecule has 0 aromatic carbocycles. The number of sulfonamides is 1. The van der Waals surface area contributed by atoms with Gasteiger partial charge in [-0.1, -0.05) is 19.3 Å². The SMILES string of the molecule is Cc1csc(CO)c1S(=O)(=O)N(C)CC1CCCCC1. The van der Waals surface area contributed by atoms with E-state index in [-0.39, 0.29) is 6.61 Å². The highest BCUT2D eigenvalue weighted by Crippen LogP contribution is 2.31. The molecule has 6 heteroatoms. The molecule has 1 aliphatic carbocycles. The summed E-state index contributed by atoms with van der Waals surface area (Å²) in [7, 11) is -1.83. The number of thiophene rings is 1. The average Bonchev–Trinajstić information content (AvgIpc) is 2.81. The van der Waals surface area contributed by atoms with Crippen LogP contribution in [0.1, 0.15) is 42.5 Å². The van der Waals surface area contributed by atoms with Crippen molar-refractivity contribution in [2.75, 3.05) is 13.6 Å². The maximum absolute atomic E-state index is 12.7. The highest BCUT2D eigenvalue weighted by atomic mass is 32.2. The minimum absolute atomic E-state index is 0.218. The molecule has 1 aromatic rings. The lowest BCUT2D eigenvalue weighted by Gasteiger charge is -2.26. The Hall–Kier alpha value is -0.430. The lowest BCUT2D eigenvalue weighted by atomic mass is 9.89. The van der Waals surface area contributed by atoms with Crippen LogP contribution in [-0.4, -0.2) is 31.4 Å². The van der Waals surface area contributed by atoms with Gasteiger partial charge >= 0.3 is 0 Å². The van der Waals surface area contributed by atoms with Gasteiger partial charge in [0.1, 0.15) is 4.90 Å². The van der Waals surface area contributed by atoms with Crippen molar-refractivity contribution in [1.29, 1.82) is 0 Å². The van der Waals surface area contributed by atoms with Crippen LogP contribution in [0.25, 0.3) is 0 Å². The van der Waals surface area contributed by atoms with Crippen molar-refractivity contribution >= 4 is 21.4 Å². The summed E-state index contributed by atoms with van der Waals surface area (Å²) in [5.74, 6) is 0.472. The van der Waals surface area contributed by atoms with Crippen molar-refractivity contribution in [1.82, 2.24) is 4.31 Å². The minimum Gasteiger partial charge on any atom is -0.391 e. The topological polar surface area (TPSA) is 57.6 Å². The highest BCUT2D eigenvalue weighted by Gasteiger charge is 2.29. The molecule has 0 atom stereocenters. The first-order chi connectivity index (χ1) is 9.46. The normalized spacial score (nSPS) is 17.8. The molecule has 2 rings (SSSR count). The standard InChI is InChI=1S/C14H23NO3S2/c1-11-10-19-13(9-16)14(11)20(17,18)15(2)8-12-6-4-3-5-7-12/h10,12,16H,3-9H2,1-2H3. The van der Waals surface area contributed by atoms with E-state index in [9.17, 15) is 13.5 Å². The van der Waals surface area contributed by atoms with Crippen molar-refractivity contribution in [2.24, 2.45) is 5.92 Å². The van der Waals surface area contributed by atoms with Crippen molar-refractivity contribution in [3.05, 3.63) is 15.8 Å². The van der Waals surface area contributed by atoms with Crippen LogP contribution in [0.3, 0.4) is 0 Å². The third-order valence-corrected chi connectivity index (χ3v) is 7.31. The maximum atomic E-state index is 12.7. The summed E-state index contributed by atoms with van der Waals surface area (Å²) in [4.78, 5) is 0.848. The van der Waals surface area contributed by atoms with Gasteiger partial charge < -0.3 is 5.11 Å². The van der Waals surface area contributed by atoms with Crippen molar-refractivity contribution in [3.8, 4) is 0 Å². The average molecular weight is 317 g/mol. The second-order valence-corrected chi connectivity index (χ2v) is 8.56. The van der Waals surface area contributed by atoms with Crippen LogP contribution in [-0.2, 0) is 16.6 Å². The number of aryl methyl sites for hydroxylation is 1. The van der Waals surface area contributed by atoms with E-state index in [1.807, 2.05) is 0 Å². The zero-order valence-corrected chi connectivity index (χ0v) is 13.8. The fourth-order valence-corrected chi connectivity index (χ4v) is 5.78. The molecule has 1 saturated carbocycles. The maximum Gasteiger partial charge on any atom is 0.244 e. The fourth-order valence-electron chi connectivity index (χ4n) is 2.93. The van der Waals surface area contributed by atoms with E-state index in [4.69, 9.17) is 0 Å². The van der Waals surface area contributed by atoms with Crippen LogP contribution in [0.5, 0.6) is 0 Å². The van der Waals surface area contributed by atoms with Crippen molar-refractivity contribution < 1.29 is 13.5 Å². The first kappa shape index (κ1) is 15.9. The molecule has 0 unspecified atom stereocenters. The smallest absolute Gasteiger partial charge is 0.244 e. The largest absolute Gasteiger partial charge is 0.391 e. The van der Waals surface area contributed by atoms with E-state index >= 15 is 0 Å². The molecule has 0 bridgehead atoms. The first-order valence-electron chi connectivity index (χ1n) is 7.11. The van der Waals surface area contributed by atoms with Gasteiger partial charge in [0.2, 0.25) is 10.0 Å². The molecule has 0 amide bonds. The Bertz CT molecular complexity index is 545. The van der Waals surface area contributed by atoms with Gasteiger partial charge in [0.05, 0.1) is 11.5 Å². The highest BCUT2D eigenvalue weighted by molar-refractivity contribution is 7.89. The summed E-state index contributed by atoms with van der Waals surface area (Å²) in [6.45, 7) is 2.16. The van der Waals surface area contributed by atoms with E-state index < -0.39 is 10.0 Å². The molecular weight excluding hydrogens is 294 g/mol. The second-order valence-electron chi connectivity index (χ2n) is 5.62. The van der Waals surface area contributed by atoms with Crippen LogP contribution in [0.15, 0.2) is 10.3 Å². The molecule has 1 heterocycles. The van der Waals surface area contributed by atoms with Gasteiger partial charge in [0.25, 0.3) is 0 Å². The summed E-state index contributed by atoms with van der Waals surface area (Å²) < 4.78 is 26.8. The molecular formula is C14H23NO3S2. The third-order valence-electron chi connectivity index (χ3n) is 4.04. The Morgan fingerprint density at radius 2 is 2.00 bits per heavy atom. The number of rotatable bonds is 5.